The molecular weight excluding hydrogens is 194 g/mol. The highest BCUT2D eigenvalue weighted by molar-refractivity contribution is 5.16. The van der Waals surface area contributed by atoms with E-state index >= 15 is 0 Å². The first-order valence-electron chi connectivity index (χ1n) is 6.34. The standard InChI is InChI=1S/C15H26N/c1-6-16(5,7-2)15(3,4)13-14-11-9-8-10-12-14/h8-12H,6-7,13H2,1-5H3/q+1. The van der Waals surface area contributed by atoms with Crippen LogP contribution in [0.5, 0.6) is 0 Å². The van der Waals surface area contributed by atoms with Gasteiger partial charge in [-0.15, -0.1) is 0 Å². The Morgan fingerprint density at radius 1 is 1.00 bits per heavy atom. The highest BCUT2D eigenvalue weighted by Crippen LogP contribution is 2.26. The predicted octanol–water partition coefficient (Wildman–Crippen LogP) is 3.49. The van der Waals surface area contributed by atoms with E-state index in [1.807, 2.05) is 0 Å². The van der Waals surface area contributed by atoms with Crippen LogP contribution in [0, 0.1) is 0 Å². The van der Waals surface area contributed by atoms with Gasteiger partial charge in [0.25, 0.3) is 0 Å². The highest BCUT2D eigenvalue weighted by Gasteiger charge is 2.37. The normalized spacial score (nSPS) is 12.8. The molecule has 0 heterocycles. The second kappa shape index (κ2) is 5.01. The topological polar surface area (TPSA) is 0 Å². The van der Waals surface area contributed by atoms with Crippen LogP contribution in [0.4, 0.5) is 0 Å². The molecule has 0 fully saturated rings. The quantitative estimate of drug-likeness (QED) is 0.666. The number of rotatable bonds is 5. The lowest BCUT2D eigenvalue weighted by atomic mass is 9.90. The molecular formula is C15H26N+. The number of benzene rings is 1. The first-order valence-corrected chi connectivity index (χ1v) is 6.34. The van der Waals surface area contributed by atoms with E-state index in [2.05, 4.69) is 65.1 Å². The SMILES string of the molecule is CC[N+](C)(CC)C(C)(C)Cc1ccccc1. The monoisotopic (exact) mass is 220 g/mol. The van der Waals surface area contributed by atoms with E-state index in [1.165, 1.54) is 18.7 Å². The molecule has 0 bridgehead atoms. The van der Waals surface area contributed by atoms with Crippen molar-refractivity contribution in [3.05, 3.63) is 35.9 Å². The Kier molecular flexibility index (Phi) is 4.15. The van der Waals surface area contributed by atoms with Gasteiger partial charge in [0, 0.05) is 6.42 Å². The van der Waals surface area contributed by atoms with Crippen LogP contribution >= 0.6 is 0 Å². The summed E-state index contributed by atoms with van der Waals surface area (Å²) in [6, 6.07) is 10.8. The van der Waals surface area contributed by atoms with Gasteiger partial charge in [-0.1, -0.05) is 30.3 Å². The number of nitrogens with zero attached hydrogens (tertiary/aromatic N) is 1. The van der Waals surface area contributed by atoms with Crippen LogP contribution in [0.2, 0.25) is 0 Å². The van der Waals surface area contributed by atoms with Crippen molar-refractivity contribution in [2.75, 3.05) is 20.1 Å². The van der Waals surface area contributed by atoms with E-state index < -0.39 is 0 Å². The summed E-state index contributed by atoms with van der Waals surface area (Å²) in [4.78, 5) is 0. The maximum absolute atomic E-state index is 2.38. The van der Waals surface area contributed by atoms with Crippen LogP contribution in [0.25, 0.3) is 0 Å². The summed E-state index contributed by atoms with van der Waals surface area (Å²) in [5.74, 6) is 0. The summed E-state index contributed by atoms with van der Waals surface area (Å²) in [5.41, 5.74) is 1.74. The van der Waals surface area contributed by atoms with Crippen molar-refractivity contribution in [3.8, 4) is 0 Å². The molecule has 1 rings (SSSR count). The summed E-state index contributed by atoms with van der Waals surface area (Å²) >= 11 is 0. The fraction of sp³-hybridized carbons (Fsp3) is 0.600. The van der Waals surface area contributed by atoms with Crippen LogP contribution in [0.3, 0.4) is 0 Å². The third-order valence-corrected chi connectivity index (χ3v) is 4.34. The van der Waals surface area contributed by atoms with Gasteiger partial charge in [0.2, 0.25) is 0 Å². The first-order chi connectivity index (χ1) is 7.45. The van der Waals surface area contributed by atoms with Crippen molar-refractivity contribution in [3.63, 3.8) is 0 Å². The zero-order valence-corrected chi connectivity index (χ0v) is 11.5. The molecule has 0 aliphatic rings. The zero-order chi connectivity index (χ0) is 12.2. The number of quaternary nitrogens is 1. The van der Waals surface area contributed by atoms with Gasteiger partial charge < -0.3 is 4.48 Å². The highest BCUT2D eigenvalue weighted by atomic mass is 15.4. The van der Waals surface area contributed by atoms with E-state index in [1.54, 1.807) is 0 Å². The van der Waals surface area contributed by atoms with Crippen molar-refractivity contribution in [2.24, 2.45) is 0 Å². The molecule has 1 aromatic rings. The number of likely N-dealkylation sites (N-methyl/N-ethyl adjacent to an activating group) is 1. The van der Waals surface area contributed by atoms with Gasteiger partial charge in [-0.25, -0.2) is 0 Å². The summed E-state index contributed by atoms with van der Waals surface area (Å²) < 4.78 is 1.13. The largest absolute Gasteiger partial charge is 0.322 e. The second-order valence-electron chi connectivity index (χ2n) is 5.50. The summed E-state index contributed by atoms with van der Waals surface area (Å²) in [6.45, 7) is 11.7. The molecule has 90 valence electrons. The summed E-state index contributed by atoms with van der Waals surface area (Å²) in [7, 11) is 2.36. The predicted molar refractivity (Wildman–Crippen MR) is 71.5 cm³/mol. The molecule has 0 aliphatic carbocycles. The Morgan fingerprint density at radius 3 is 1.94 bits per heavy atom. The van der Waals surface area contributed by atoms with E-state index in [4.69, 9.17) is 0 Å². The fourth-order valence-electron chi connectivity index (χ4n) is 2.37. The molecule has 0 atom stereocenters. The fourth-order valence-corrected chi connectivity index (χ4v) is 2.37. The molecule has 1 heteroatoms. The Bertz CT molecular complexity index is 309. The average Bonchev–Trinajstić information content (AvgIpc) is 2.28. The maximum Gasteiger partial charge on any atom is 0.0974 e. The minimum atomic E-state index is 0.296. The molecule has 0 aromatic heterocycles. The third-order valence-electron chi connectivity index (χ3n) is 4.34. The van der Waals surface area contributed by atoms with Gasteiger partial charge in [-0.3, -0.25) is 0 Å². The van der Waals surface area contributed by atoms with Crippen LogP contribution in [0.15, 0.2) is 30.3 Å². The second-order valence-corrected chi connectivity index (χ2v) is 5.50. The van der Waals surface area contributed by atoms with Gasteiger partial charge >= 0.3 is 0 Å². The molecule has 16 heavy (non-hydrogen) atoms. The van der Waals surface area contributed by atoms with Crippen molar-refractivity contribution in [2.45, 2.75) is 39.7 Å². The van der Waals surface area contributed by atoms with Gasteiger partial charge in [0.15, 0.2) is 0 Å². The minimum Gasteiger partial charge on any atom is -0.322 e. The Morgan fingerprint density at radius 2 is 1.50 bits per heavy atom. The molecule has 0 saturated carbocycles. The zero-order valence-electron chi connectivity index (χ0n) is 11.5. The summed E-state index contributed by atoms with van der Waals surface area (Å²) in [6.07, 6.45) is 1.14. The lowest BCUT2D eigenvalue weighted by Crippen LogP contribution is -2.59. The van der Waals surface area contributed by atoms with E-state index in [9.17, 15) is 0 Å². The van der Waals surface area contributed by atoms with Crippen molar-refractivity contribution >= 4 is 0 Å². The van der Waals surface area contributed by atoms with Crippen LogP contribution in [0.1, 0.15) is 33.3 Å². The van der Waals surface area contributed by atoms with Crippen LogP contribution in [-0.2, 0) is 6.42 Å². The average molecular weight is 220 g/mol. The van der Waals surface area contributed by atoms with Crippen molar-refractivity contribution in [1.82, 2.24) is 0 Å². The lowest BCUT2D eigenvalue weighted by molar-refractivity contribution is -0.952. The molecule has 1 nitrogen and oxygen atoms in total. The summed E-state index contributed by atoms with van der Waals surface area (Å²) in [5, 5.41) is 0. The van der Waals surface area contributed by atoms with Gasteiger partial charge in [0.1, 0.15) is 0 Å². The molecule has 1 aromatic carbocycles. The minimum absolute atomic E-state index is 0.296. The van der Waals surface area contributed by atoms with E-state index in [-0.39, 0.29) is 0 Å². The Balaban J connectivity index is 2.86. The number of hydrogen-bond acceptors (Lipinski definition) is 0. The van der Waals surface area contributed by atoms with Crippen molar-refractivity contribution in [1.29, 1.82) is 0 Å². The Labute approximate surface area is 101 Å². The third kappa shape index (κ3) is 2.65. The molecule has 0 unspecified atom stereocenters. The Hall–Kier alpha value is -0.820. The maximum atomic E-state index is 2.38. The molecule has 0 radical (unpaired) electrons. The van der Waals surface area contributed by atoms with Gasteiger partial charge in [-0.2, -0.15) is 0 Å². The molecule has 0 amide bonds. The molecule has 0 spiro atoms. The van der Waals surface area contributed by atoms with Crippen molar-refractivity contribution < 1.29 is 4.48 Å². The molecule has 0 saturated heterocycles. The van der Waals surface area contributed by atoms with Gasteiger partial charge in [-0.05, 0) is 33.3 Å². The van der Waals surface area contributed by atoms with E-state index in [0.717, 1.165) is 10.9 Å². The molecule has 0 aliphatic heterocycles. The smallest absolute Gasteiger partial charge is 0.0974 e. The molecule has 0 N–H and O–H groups in total. The van der Waals surface area contributed by atoms with E-state index in [0.29, 0.717) is 5.54 Å². The number of hydrogen-bond donors (Lipinski definition) is 0. The van der Waals surface area contributed by atoms with Crippen LogP contribution < -0.4 is 0 Å². The van der Waals surface area contributed by atoms with Gasteiger partial charge in [0.05, 0.1) is 25.7 Å². The van der Waals surface area contributed by atoms with Crippen LogP contribution in [-0.4, -0.2) is 30.2 Å². The lowest BCUT2D eigenvalue weighted by Gasteiger charge is -2.46. The first kappa shape index (κ1) is 13.2.